The maximum atomic E-state index is 14.7. The van der Waals surface area contributed by atoms with Crippen LogP contribution in [0.4, 0.5) is 10.1 Å². The summed E-state index contributed by atoms with van der Waals surface area (Å²) < 4.78 is 27.6. The number of nitrogens with one attached hydrogen (secondary N) is 1. The highest BCUT2D eigenvalue weighted by molar-refractivity contribution is 5.84. The summed E-state index contributed by atoms with van der Waals surface area (Å²) in [5.41, 5.74) is 2.51. The van der Waals surface area contributed by atoms with Crippen LogP contribution in [0.3, 0.4) is 0 Å². The van der Waals surface area contributed by atoms with Gasteiger partial charge in [0.05, 0.1) is 23.7 Å². The van der Waals surface area contributed by atoms with Crippen molar-refractivity contribution >= 4 is 22.5 Å². The van der Waals surface area contributed by atoms with Gasteiger partial charge in [-0.25, -0.2) is 4.39 Å². The van der Waals surface area contributed by atoms with Crippen molar-refractivity contribution in [2.75, 3.05) is 50.8 Å². The van der Waals surface area contributed by atoms with E-state index in [1.54, 1.807) is 6.07 Å². The molecule has 0 spiro atoms. The summed E-state index contributed by atoms with van der Waals surface area (Å²) in [6.07, 6.45) is 3.67. The Morgan fingerprint density at radius 2 is 2.00 bits per heavy atom. The zero-order chi connectivity index (χ0) is 26.2. The van der Waals surface area contributed by atoms with Gasteiger partial charge >= 0.3 is 0 Å². The van der Waals surface area contributed by atoms with Gasteiger partial charge in [0, 0.05) is 37.8 Å². The summed E-state index contributed by atoms with van der Waals surface area (Å²) in [5.74, 6) is -0.503. The summed E-state index contributed by atoms with van der Waals surface area (Å²) in [6, 6.07) is 8.56. The van der Waals surface area contributed by atoms with Crippen LogP contribution < -0.4 is 19.7 Å². The number of amides is 1. The minimum atomic E-state index is -1.09. The first-order chi connectivity index (χ1) is 18.5. The molecule has 202 valence electrons. The Bertz CT molecular complexity index is 1320. The molecule has 0 radical (unpaired) electrons. The number of likely N-dealkylation sites (tertiary alicyclic amines) is 1. The van der Waals surface area contributed by atoms with Gasteiger partial charge in [0.1, 0.15) is 19.3 Å². The van der Waals surface area contributed by atoms with Gasteiger partial charge in [-0.1, -0.05) is 0 Å². The summed E-state index contributed by atoms with van der Waals surface area (Å²) in [7, 11) is 1.92. The number of aryl methyl sites for hydroxylation is 1. The molecule has 1 aromatic heterocycles. The van der Waals surface area contributed by atoms with E-state index in [4.69, 9.17) is 9.47 Å². The molecule has 0 aliphatic carbocycles. The van der Waals surface area contributed by atoms with Crippen LogP contribution in [0.5, 0.6) is 11.5 Å². The van der Waals surface area contributed by atoms with E-state index in [-0.39, 0.29) is 29.9 Å². The highest BCUT2D eigenvalue weighted by Gasteiger charge is 2.34. The predicted octanol–water partition coefficient (Wildman–Crippen LogP) is 2.62. The van der Waals surface area contributed by atoms with E-state index in [1.165, 1.54) is 6.07 Å². The number of ether oxygens (including phenoxy) is 2. The van der Waals surface area contributed by atoms with Gasteiger partial charge in [0.25, 0.3) is 0 Å². The maximum absolute atomic E-state index is 14.7. The van der Waals surface area contributed by atoms with Crippen molar-refractivity contribution in [2.45, 2.75) is 31.4 Å². The number of carbonyl (C=O) groups excluding carboxylic acids is 1. The Balaban J connectivity index is 1.17. The Morgan fingerprint density at radius 3 is 2.84 bits per heavy atom. The molecule has 3 aromatic rings. The number of benzene rings is 2. The summed E-state index contributed by atoms with van der Waals surface area (Å²) in [5, 5.41) is 19.9. The Labute approximate surface area is 221 Å². The fourth-order valence-corrected chi connectivity index (χ4v) is 5.86. The molecule has 4 heterocycles. The normalized spacial score (nSPS) is 21.1. The van der Waals surface area contributed by atoms with E-state index in [9.17, 15) is 14.3 Å². The molecule has 0 unspecified atom stereocenters. The largest absolute Gasteiger partial charge is 0.486 e. The van der Waals surface area contributed by atoms with Crippen molar-refractivity contribution in [1.82, 2.24) is 20.0 Å². The van der Waals surface area contributed by atoms with Gasteiger partial charge in [-0.05, 0) is 68.2 Å². The second-order valence-electron chi connectivity index (χ2n) is 10.5. The Kier molecular flexibility index (Phi) is 6.84. The summed E-state index contributed by atoms with van der Waals surface area (Å²) >= 11 is 0. The van der Waals surface area contributed by atoms with E-state index >= 15 is 0 Å². The molecule has 0 bridgehead atoms. The van der Waals surface area contributed by atoms with Gasteiger partial charge in [0.2, 0.25) is 5.91 Å². The third-order valence-corrected chi connectivity index (χ3v) is 7.98. The molecule has 0 saturated carbocycles. The molecular formula is C28H34FN5O4. The summed E-state index contributed by atoms with van der Waals surface area (Å²) in [4.78, 5) is 17.9. The lowest BCUT2D eigenvalue weighted by Gasteiger charge is -2.30. The number of hydrogen-bond acceptors (Lipinski definition) is 7. The lowest BCUT2D eigenvalue weighted by Crippen LogP contribution is -2.48. The second-order valence-corrected chi connectivity index (χ2v) is 10.5. The number of aromatic nitrogens is 2. The minimum absolute atomic E-state index is 0.0721. The van der Waals surface area contributed by atoms with Gasteiger partial charge in [-0.15, -0.1) is 0 Å². The molecule has 2 saturated heterocycles. The van der Waals surface area contributed by atoms with Crippen LogP contribution in [0.1, 0.15) is 30.9 Å². The van der Waals surface area contributed by atoms with Crippen molar-refractivity contribution in [3.05, 3.63) is 47.9 Å². The molecule has 10 heteroatoms. The zero-order valence-electron chi connectivity index (χ0n) is 21.6. The van der Waals surface area contributed by atoms with Crippen molar-refractivity contribution < 1.29 is 23.8 Å². The Morgan fingerprint density at radius 1 is 1.18 bits per heavy atom. The topological polar surface area (TPSA) is 92.1 Å². The van der Waals surface area contributed by atoms with Gasteiger partial charge in [-0.2, -0.15) is 5.10 Å². The van der Waals surface area contributed by atoms with Crippen LogP contribution in [0.2, 0.25) is 0 Å². The van der Waals surface area contributed by atoms with Crippen molar-refractivity contribution in [3.8, 4) is 11.5 Å². The number of carbonyl (C=O) groups is 1. The van der Waals surface area contributed by atoms with Crippen LogP contribution in [0.15, 0.2) is 36.5 Å². The third-order valence-electron chi connectivity index (χ3n) is 7.98. The number of aliphatic hydroxyl groups excluding tert-OH is 1. The molecule has 1 amide bonds. The number of halogens is 1. The number of hydrogen-bond donors (Lipinski definition) is 2. The molecule has 2 aromatic carbocycles. The van der Waals surface area contributed by atoms with Crippen LogP contribution in [-0.2, 0) is 11.8 Å². The standard InChI is InChI=1S/C28H34FN5O4/c1-32-24-5-4-21(12-20(24)15-30-32)34-9-6-18(16-34)28(36)31-23(17-33-7-2-3-8-33)26(35)19-13-22(29)27-25(14-19)37-10-11-38-27/h4-5,12-15,18,23,26,35H,2-3,6-11,16-17H2,1H3,(H,31,36)/t18-,23-,26-/m1/s1. The first-order valence-electron chi connectivity index (χ1n) is 13.4. The lowest BCUT2D eigenvalue weighted by molar-refractivity contribution is -0.126. The molecule has 3 atom stereocenters. The number of fused-ring (bicyclic) bond motifs is 2. The summed E-state index contributed by atoms with van der Waals surface area (Å²) in [6.45, 7) is 4.32. The number of anilines is 1. The predicted molar refractivity (Wildman–Crippen MR) is 141 cm³/mol. The minimum Gasteiger partial charge on any atom is -0.486 e. The molecule has 2 N–H and O–H groups in total. The van der Waals surface area contributed by atoms with E-state index < -0.39 is 18.0 Å². The average molecular weight is 524 g/mol. The fourth-order valence-electron chi connectivity index (χ4n) is 5.86. The fraction of sp³-hybridized carbons (Fsp3) is 0.500. The van der Waals surface area contributed by atoms with E-state index in [1.807, 2.05) is 17.9 Å². The van der Waals surface area contributed by atoms with Gasteiger partial charge in [-0.3, -0.25) is 9.48 Å². The van der Waals surface area contributed by atoms with Crippen LogP contribution in [0.25, 0.3) is 10.9 Å². The smallest absolute Gasteiger partial charge is 0.225 e. The van der Waals surface area contributed by atoms with Crippen LogP contribution >= 0.6 is 0 Å². The molecule has 6 rings (SSSR count). The SMILES string of the molecule is Cn1ncc2cc(N3CC[C@@H](C(=O)N[C@H](CN4CCCC4)[C@H](O)c4cc(F)c5c(c4)OCCO5)C3)ccc21. The number of rotatable bonds is 7. The van der Waals surface area contributed by atoms with Crippen molar-refractivity contribution in [2.24, 2.45) is 13.0 Å². The maximum Gasteiger partial charge on any atom is 0.225 e. The molecule has 38 heavy (non-hydrogen) atoms. The monoisotopic (exact) mass is 523 g/mol. The number of nitrogens with zero attached hydrogens (tertiary/aromatic N) is 4. The lowest BCUT2D eigenvalue weighted by atomic mass is 9.99. The van der Waals surface area contributed by atoms with E-state index in [0.29, 0.717) is 25.3 Å². The van der Waals surface area contributed by atoms with Crippen LogP contribution in [0, 0.1) is 11.7 Å². The average Bonchev–Trinajstić information content (AvgIpc) is 3.70. The van der Waals surface area contributed by atoms with Crippen molar-refractivity contribution in [1.29, 1.82) is 0 Å². The Hall–Kier alpha value is -3.37. The third kappa shape index (κ3) is 4.90. The van der Waals surface area contributed by atoms with Crippen LogP contribution in [-0.4, -0.2) is 77.7 Å². The molecular weight excluding hydrogens is 489 g/mol. The highest BCUT2D eigenvalue weighted by atomic mass is 19.1. The van der Waals surface area contributed by atoms with Crippen molar-refractivity contribution in [3.63, 3.8) is 0 Å². The molecule has 3 aliphatic rings. The zero-order valence-corrected chi connectivity index (χ0v) is 21.6. The van der Waals surface area contributed by atoms with Gasteiger partial charge in [0.15, 0.2) is 17.3 Å². The quantitative estimate of drug-likeness (QED) is 0.492. The first-order valence-corrected chi connectivity index (χ1v) is 13.4. The first kappa shape index (κ1) is 24.9. The van der Waals surface area contributed by atoms with Gasteiger partial charge < -0.3 is 29.7 Å². The molecule has 2 fully saturated rings. The molecule has 9 nitrogen and oxygen atoms in total. The second kappa shape index (κ2) is 10.4. The van der Waals surface area contributed by atoms with E-state index in [2.05, 4.69) is 38.4 Å². The number of aliphatic hydroxyl groups is 1. The molecule has 3 aliphatic heterocycles. The highest BCUT2D eigenvalue weighted by Crippen LogP contribution is 2.36. The van der Waals surface area contributed by atoms with E-state index in [0.717, 1.165) is 55.5 Å².